The van der Waals surface area contributed by atoms with Crippen molar-refractivity contribution < 1.29 is 22.4 Å². The molecule has 0 spiro atoms. The number of halogens is 4. The van der Waals surface area contributed by atoms with Crippen molar-refractivity contribution in [3.8, 4) is 0 Å². The molecule has 8 heteroatoms. The van der Waals surface area contributed by atoms with Crippen LogP contribution in [0.25, 0.3) is 0 Å². The number of aromatic nitrogens is 1. The van der Waals surface area contributed by atoms with Crippen molar-refractivity contribution in [1.82, 2.24) is 4.57 Å². The Bertz CT molecular complexity index is 1060. The van der Waals surface area contributed by atoms with Crippen LogP contribution in [0.4, 0.5) is 23.2 Å². The van der Waals surface area contributed by atoms with Crippen molar-refractivity contribution in [3.63, 3.8) is 0 Å². The minimum Gasteiger partial charge on any atom is -0.322 e. The molecule has 3 aromatic rings. The van der Waals surface area contributed by atoms with Crippen LogP contribution in [-0.2, 0) is 12.7 Å². The van der Waals surface area contributed by atoms with E-state index in [2.05, 4.69) is 5.32 Å². The van der Waals surface area contributed by atoms with Gasteiger partial charge in [0.2, 0.25) is 0 Å². The molecule has 4 nitrogen and oxygen atoms in total. The number of pyridine rings is 1. The summed E-state index contributed by atoms with van der Waals surface area (Å²) in [6.45, 7) is 0.232. The van der Waals surface area contributed by atoms with Crippen molar-refractivity contribution in [1.29, 1.82) is 0 Å². The number of alkyl halides is 3. The molecular weight excluding hydrogens is 376 g/mol. The van der Waals surface area contributed by atoms with Crippen molar-refractivity contribution in [2.75, 3.05) is 5.32 Å². The Labute approximate surface area is 157 Å². The third-order valence-corrected chi connectivity index (χ3v) is 3.97. The summed E-state index contributed by atoms with van der Waals surface area (Å²) in [5.41, 5.74) is -1.09. The van der Waals surface area contributed by atoms with Gasteiger partial charge in [0.25, 0.3) is 11.5 Å². The summed E-state index contributed by atoms with van der Waals surface area (Å²) < 4.78 is 53.1. The van der Waals surface area contributed by atoms with Crippen LogP contribution in [0.3, 0.4) is 0 Å². The molecule has 1 heterocycles. The normalized spacial score (nSPS) is 11.3. The maximum Gasteiger partial charge on any atom is 0.419 e. The van der Waals surface area contributed by atoms with Crippen molar-refractivity contribution in [2.24, 2.45) is 0 Å². The molecule has 0 bridgehead atoms. The second-order valence-corrected chi connectivity index (χ2v) is 6.02. The number of carbonyl (C=O) groups excluding carboxylic acids is 1. The Balaban J connectivity index is 1.84. The molecule has 0 fully saturated rings. The number of amides is 1. The summed E-state index contributed by atoms with van der Waals surface area (Å²) in [4.78, 5) is 24.4. The fourth-order valence-corrected chi connectivity index (χ4v) is 2.59. The number of rotatable bonds is 4. The minimum absolute atomic E-state index is 0.0772. The van der Waals surface area contributed by atoms with Crippen LogP contribution < -0.4 is 10.9 Å². The van der Waals surface area contributed by atoms with Crippen LogP contribution in [0.1, 0.15) is 21.5 Å². The highest BCUT2D eigenvalue weighted by Gasteiger charge is 2.34. The molecule has 1 N–H and O–H groups in total. The second-order valence-electron chi connectivity index (χ2n) is 6.02. The summed E-state index contributed by atoms with van der Waals surface area (Å²) in [6.07, 6.45) is -3.56. The smallest absolute Gasteiger partial charge is 0.322 e. The molecule has 0 unspecified atom stereocenters. The first kappa shape index (κ1) is 19.3. The van der Waals surface area contributed by atoms with Crippen LogP contribution >= 0.6 is 0 Å². The van der Waals surface area contributed by atoms with Gasteiger partial charge in [-0.15, -0.1) is 0 Å². The fourth-order valence-electron chi connectivity index (χ4n) is 2.59. The summed E-state index contributed by atoms with van der Waals surface area (Å²) >= 11 is 0. The third kappa shape index (κ3) is 4.46. The Morgan fingerprint density at radius 2 is 1.71 bits per heavy atom. The number of nitrogens with one attached hydrogen (secondary N) is 1. The van der Waals surface area contributed by atoms with E-state index in [-0.39, 0.29) is 23.4 Å². The lowest BCUT2D eigenvalue weighted by molar-refractivity contribution is -0.139. The number of benzene rings is 2. The molecule has 0 aliphatic heterocycles. The average Bonchev–Trinajstić information content (AvgIpc) is 2.65. The number of anilines is 1. The number of nitrogens with zero attached hydrogens (tertiary/aromatic N) is 1. The van der Waals surface area contributed by atoms with Gasteiger partial charge in [-0.25, -0.2) is 4.39 Å². The first-order chi connectivity index (χ1) is 13.2. The highest BCUT2D eigenvalue weighted by atomic mass is 19.4. The van der Waals surface area contributed by atoms with E-state index in [0.29, 0.717) is 12.1 Å². The lowest BCUT2D eigenvalue weighted by atomic mass is 10.1. The van der Waals surface area contributed by atoms with Gasteiger partial charge in [0.15, 0.2) is 0 Å². The van der Waals surface area contributed by atoms with Crippen molar-refractivity contribution in [2.45, 2.75) is 12.7 Å². The molecule has 2 aromatic carbocycles. The topological polar surface area (TPSA) is 51.1 Å². The summed E-state index contributed by atoms with van der Waals surface area (Å²) in [7, 11) is 0. The summed E-state index contributed by atoms with van der Waals surface area (Å²) in [5.74, 6) is -2.15. The predicted molar refractivity (Wildman–Crippen MR) is 95.6 cm³/mol. The molecule has 28 heavy (non-hydrogen) atoms. The van der Waals surface area contributed by atoms with Crippen LogP contribution in [0.15, 0.2) is 71.7 Å². The zero-order valence-corrected chi connectivity index (χ0v) is 14.3. The monoisotopic (exact) mass is 390 g/mol. The second kappa shape index (κ2) is 7.67. The highest BCUT2D eigenvalue weighted by Crippen LogP contribution is 2.33. The molecule has 0 aliphatic rings. The van der Waals surface area contributed by atoms with Gasteiger partial charge >= 0.3 is 6.18 Å². The molecule has 3 rings (SSSR count). The van der Waals surface area contributed by atoms with E-state index in [9.17, 15) is 27.2 Å². The molecule has 0 atom stereocenters. The molecule has 1 amide bonds. The zero-order chi connectivity index (χ0) is 20.3. The molecule has 0 aliphatic carbocycles. The Kier molecular flexibility index (Phi) is 5.30. The van der Waals surface area contributed by atoms with E-state index in [1.807, 2.05) is 30.3 Å². The lowest BCUT2D eigenvalue weighted by Gasteiger charge is -2.12. The predicted octanol–water partition coefficient (Wildman–Crippen LogP) is 4.31. The fraction of sp³-hybridized carbons (Fsp3) is 0.100. The SMILES string of the molecule is O=C(Nc1ccc(F)c(C(F)(F)F)c1)c1ccc(=O)n(Cc2ccccc2)c1. The van der Waals surface area contributed by atoms with Gasteiger partial charge in [-0.1, -0.05) is 30.3 Å². The van der Waals surface area contributed by atoms with Crippen LogP contribution in [-0.4, -0.2) is 10.5 Å². The summed E-state index contributed by atoms with van der Waals surface area (Å²) in [5, 5.41) is 2.29. The zero-order valence-electron chi connectivity index (χ0n) is 14.3. The van der Waals surface area contributed by atoms with Gasteiger partial charge < -0.3 is 9.88 Å². The van der Waals surface area contributed by atoms with Crippen molar-refractivity contribution in [3.05, 3.63) is 99.7 Å². The molecular formula is C20H14F4N2O2. The Morgan fingerprint density at radius 1 is 1.00 bits per heavy atom. The molecule has 0 saturated carbocycles. The largest absolute Gasteiger partial charge is 0.419 e. The van der Waals surface area contributed by atoms with E-state index in [1.54, 1.807) is 0 Å². The number of hydrogen-bond donors (Lipinski definition) is 1. The molecule has 0 saturated heterocycles. The van der Waals surface area contributed by atoms with Gasteiger partial charge in [-0.05, 0) is 29.8 Å². The van der Waals surface area contributed by atoms with Crippen LogP contribution in [0.5, 0.6) is 0 Å². The quantitative estimate of drug-likeness (QED) is 0.675. The lowest BCUT2D eigenvalue weighted by Crippen LogP contribution is -2.22. The van der Waals surface area contributed by atoms with E-state index in [1.165, 1.54) is 22.9 Å². The van der Waals surface area contributed by atoms with Crippen LogP contribution in [0, 0.1) is 5.82 Å². The van der Waals surface area contributed by atoms with Gasteiger partial charge in [0, 0.05) is 18.0 Å². The highest BCUT2D eigenvalue weighted by molar-refractivity contribution is 6.04. The number of hydrogen-bond acceptors (Lipinski definition) is 2. The molecule has 0 radical (unpaired) electrons. The van der Waals surface area contributed by atoms with E-state index >= 15 is 0 Å². The average molecular weight is 390 g/mol. The molecule has 144 valence electrons. The molecule has 1 aromatic heterocycles. The Morgan fingerprint density at radius 3 is 2.39 bits per heavy atom. The maximum atomic E-state index is 13.4. The Hall–Kier alpha value is -3.42. The summed E-state index contributed by atoms with van der Waals surface area (Å²) in [6, 6.07) is 13.7. The third-order valence-electron chi connectivity index (χ3n) is 3.97. The standard InChI is InChI=1S/C20H14F4N2O2/c21-17-8-7-15(10-16(17)20(22,23)24)25-19(28)14-6-9-18(27)26(12-14)11-13-4-2-1-3-5-13/h1-10,12H,11H2,(H,25,28). The first-order valence-corrected chi connectivity index (χ1v) is 8.16. The van der Waals surface area contributed by atoms with Gasteiger partial charge in [-0.2, -0.15) is 13.2 Å². The van der Waals surface area contributed by atoms with Gasteiger partial charge in [-0.3, -0.25) is 9.59 Å². The van der Waals surface area contributed by atoms with E-state index in [4.69, 9.17) is 0 Å². The van der Waals surface area contributed by atoms with Crippen LogP contribution in [0.2, 0.25) is 0 Å². The first-order valence-electron chi connectivity index (χ1n) is 8.16. The maximum absolute atomic E-state index is 13.4. The van der Waals surface area contributed by atoms with Gasteiger partial charge in [0.1, 0.15) is 5.82 Å². The number of carbonyl (C=O) groups is 1. The van der Waals surface area contributed by atoms with Crippen molar-refractivity contribution >= 4 is 11.6 Å². The van der Waals surface area contributed by atoms with Gasteiger partial charge in [0.05, 0.1) is 17.7 Å². The minimum atomic E-state index is -4.88. The van der Waals surface area contributed by atoms with E-state index in [0.717, 1.165) is 11.6 Å². The van der Waals surface area contributed by atoms with E-state index < -0.39 is 23.5 Å².